The first-order valence-electron chi connectivity index (χ1n) is 16.6. The number of rotatable bonds is 30. The van der Waals surface area contributed by atoms with Crippen molar-refractivity contribution in [2.45, 2.75) is 132 Å². The average molecular weight is 593 g/mol. The molecule has 0 aliphatic carbocycles. The fourth-order valence-electron chi connectivity index (χ4n) is 4.94. The second-order valence-electron chi connectivity index (χ2n) is 10.5. The molecule has 0 aliphatic heterocycles. The van der Waals surface area contributed by atoms with Crippen LogP contribution in [0.1, 0.15) is 120 Å². The molecule has 0 heterocycles. The van der Waals surface area contributed by atoms with Crippen LogP contribution in [0.25, 0.3) is 0 Å². The highest BCUT2D eigenvalue weighted by Gasteiger charge is 2.53. The van der Waals surface area contributed by atoms with Gasteiger partial charge in [-0.1, -0.05) is 53.4 Å². The summed E-state index contributed by atoms with van der Waals surface area (Å²) in [6.45, 7) is 26.3. The molecule has 0 unspecified atom stereocenters. The Morgan fingerprint density at radius 3 is 0.872 bits per heavy atom. The second-order valence-corrected chi connectivity index (χ2v) is 16.2. The lowest BCUT2D eigenvalue weighted by Gasteiger charge is -2.38. The zero-order chi connectivity index (χ0) is 29.2. The summed E-state index contributed by atoms with van der Waals surface area (Å²) in [5, 5.41) is 0. The van der Waals surface area contributed by atoms with Gasteiger partial charge in [-0.2, -0.15) is 0 Å². The second kappa shape index (κ2) is 25.8. The maximum Gasteiger partial charge on any atom is 0.493 e. The van der Waals surface area contributed by atoms with Crippen LogP contribution in [0.5, 0.6) is 0 Å². The summed E-state index contributed by atoms with van der Waals surface area (Å²) in [7, 11) is -5.96. The van der Waals surface area contributed by atoms with Crippen LogP contribution in [0, 0.1) is 0 Å². The smallest absolute Gasteiger partial charge is 0.374 e. The van der Waals surface area contributed by atoms with E-state index >= 15 is 0 Å². The molecule has 0 aliphatic rings. The van der Waals surface area contributed by atoms with E-state index in [1.807, 2.05) is 27.7 Å². The highest BCUT2D eigenvalue weighted by Crippen LogP contribution is 2.29. The van der Waals surface area contributed by atoms with E-state index in [4.69, 9.17) is 21.8 Å². The first kappa shape index (κ1) is 39.2. The van der Waals surface area contributed by atoms with E-state index in [0.717, 1.165) is 38.0 Å². The molecular formula is C30H68N2O5Si2. The van der Waals surface area contributed by atoms with Crippen molar-refractivity contribution in [2.24, 2.45) is 0 Å². The number of nitrogens with zero attached hydrogens (tertiary/aromatic N) is 2. The largest absolute Gasteiger partial charge is 0.493 e. The first-order valence-corrected chi connectivity index (χ1v) is 20.5. The van der Waals surface area contributed by atoms with Gasteiger partial charge in [-0.05, 0) is 105 Å². The fraction of sp³-hybridized carbons (Fsp3) is 1.00. The Balaban J connectivity index is 5.65. The molecule has 0 fully saturated rings. The van der Waals surface area contributed by atoms with Crippen LogP contribution in [0.4, 0.5) is 0 Å². The molecular weight excluding hydrogens is 525 g/mol. The summed E-state index contributed by atoms with van der Waals surface area (Å²) in [5.41, 5.74) is 0. The third-order valence-corrected chi connectivity index (χ3v) is 14.3. The van der Waals surface area contributed by atoms with Gasteiger partial charge in [0.1, 0.15) is 0 Å². The van der Waals surface area contributed by atoms with Crippen molar-refractivity contribution in [1.29, 1.82) is 0 Å². The molecule has 0 aromatic rings. The molecule has 7 nitrogen and oxygen atoms in total. The lowest BCUT2D eigenvalue weighted by Crippen LogP contribution is -2.59. The third kappa shape index (κ3) is 18.3. The van der Waals surface area contributed by atoms with Crippen LogP contribution in [0.3, 0.4) is 0 Å². The predicted octanol–water partition coefficient (Wildman–Crippen LogP) is 7.61. The van der Waals surface area contributed by atoms with E-state index in [1.54, 1.807) is 0 Å². The van der Waals surface area contributed by atoms with Gasteiger partial charge in [-0.15, -0.1) is 0 Å². The number of hydrogen-bond acceptors (Lipinski definition) is 7. The molecule has 0 bridgehead atoms. The summed E-state index contributed by atoms with van der Waals surface area (Å²) in [4.78, 5) is 5.22. The molecule has 236 valence electrons. The van der Waals surface area contributed by atoms with Gasteiger partial charge in [0.05, 0.1) is 0 Å². The van der Waals surface area contributed by atoms with Gasteiger partial charge in [0.2, 0.25) is 0 Å². The van der Waals surface area contributed by atoms with E-state index < -0.39 is 17.6 Å². The monoisotopic (exact) mass is 592 g/mol. The van der Waals surface area contributed by atoms with E-state index in [0.29, 0.717) is 26.4 Å². The molecule has 0 rings (SSSR count). The van der Waals surface area contributed by atoms with Gasteiger partial charge < -0.3 is 31.6 Å². The molecule has 0 aromatic heterocycles. The predicted molar refractivity (Wildman–Crippen MR) is 170 cm³/mol. The van der Waals surface area contributed by atoms with Crippen LogP contribution in [0.15, 0.2) is 0 Å². The van der Waals surface area contributed by atoms with Gasteiger partial charge in [0, 0.05) is 38.5 Å². The minimum Gasteiger partial charge on any atom is -0.374 e. The van der Waals surface area contributed by atoms with Gasteiger partial charge in [0.15, 0.2) is 0 Å². The zero-order valence-corrected chi connectivity index (χ0v) is 29.5. The molecule has 0 atom stereocenters. The lowest BCUT2D eigenvalue weighted by molar-refractivity contribution is 0.0479. The van der Waals surface area contributed by atoms with Crippen LogP contribution in [-0.4, -0.2) is 93.1 Å². The summed E-state index contributed by atoms with van der Waals surface area (Å²) < 4.78 is 32.8. The van der Waals surface area contributed by atoms with E-state index in [1.165, 1.54) is 77.5 Å². The molecule has 0 saturated heterocycles. The Kier molecular flexibility index (Phi) is 25.9. The molecule has 0 radical (unpaired) electrons. The van der Waals surface area contributed by atoms with Gasteiger partial charge >= 0.3 is 17.6 Å². The number of unbranched alkanes of at least 4 members (excludes halogenated alkanes) is 4. The molecule has 9 heteroatoms. The molecule has 0 N–H and O–H groups in total. The van der Waals surface area contributed by atoms with Gasteiger partial charge in [-0.3, -0.25) is 0 Å². The van der Waals surface area contributed by atoms with Crippen molar-refractivity contribution in [3.05, 3.63) is 0 Å². The summed E-state index contributed by atoms with van der Waals surface area (Å²) in [6.07, 6.45) is 11.9. The first-order chi connectivity index (χ1) is 18.9. The maximum atomic E-state index is 7.03. The van der Waals surface area contributed by atoms with Crippen LogP contribution in [0.2, 0.25) is 12.1 Å². The number of hydrogen-bond donors (Lipinski definition) is 0. The molecule has 39 heavy (non-hydrogen) atoms. The van der Waals surface area contributed by atoms with E-state index in [2.05, 4.69) is 37.5 Å². The zero-order valence-electron chi connectivity index (χ0n) is 27.5. The van der Waals surface area contributed by atoms with Crippen molar-refractivity contribution in [1.82, 2.24) is 9.80 Å². The van der Waals surface area contributed by atoms with Crippen molar-refractivity contribution in [3.8, 4) is 0 Å². The Bertz CT molecular complexity index is 462. The normalized spacial score (nSPS) is 12.8. The highest BCUT2D eigenvalue weighted by atomic mass is 28.5. The Morgan fingerprint density at radius 1 is 0.385 bits per heavy atom. The fourth-order valence-corrected chi connectivity index (χ4v) is 12.3. The van der Waals surface area contributed by atoms with Crippen LogP contribution < -0.4 is 0 Å². The minimum absolute atomic E-state index is 0.576. The Hall–Kier alpha value is 0.154. The molecule has 0 aromatic carbocycles. The summed E-state index contributed by atoms with van der Waals surface area (Å²) >= 11 is 0. The summed E-state index contributed by atoms with van der Waals surface area (Å²) in [6, 6.07) is 1.61. The molecule has 0 amide bonds. The Labute approximate surface area is 246 Å². The highest BCUT2D eigenvalue weighted by molar-refractivity contribution is 6.75. The van der Waals surface area contributed by atoms with Crippen LogP contribution in [-0.2, 0) is 21.8 Å². The standard InChI is InChI=1S/C30H68N2O5Si2/c1-9-17-23-31(24-18-10-2)27-21-29-38(33-13-5,34-14-6)37-39(35-15-7,36-16-8)30-22-28-32(25-19-11-3)26-20-12-4/h9-30H2,1-8H3. The van der Waals surface area contributed by atoms with Crippen molar-refractivity contribution in [2.75, 3.05) is 65.7 Å². The quantitative estimate of drug-likeness (QED) is 0.0796. The topological polar surface area (TPSA) is 52.6 Å². The van der Waals surface area contributed by atoms with Crippen molar-refractivity contribution in [3.63, 3.8) is 0 Å². The maximum absolute atomic E-state index is 7.03. The summed E-state index contributed by atoms with van der Waals surface area (Å²) in [5.74, 6) is 0. The van der Waals surface area contributed by atoms with Crippen molar-refractivity contribution < 1.29 is 21.8 Å². The van der Waals surface area contributed by atoms with Crippen molar-refractivity contribution >= 4 is 17.6 Å². The lowest BCUT2D eigenvalue weighted by atomic mass is 10.2. The third-order valence-electron chi connectivity index (χ3n) is 6.99. The Morgan fingerprint density at radius 2 is 0.641 bits per heavy atom. The van der Waals surface area contributed by atoms with E-state index in [-0.39, 0.29) is 0 Å². The van der Waals surface area contributed by atoms with Gasteiger partial charge in [-0.25, -0.2) is 0 Å². The SMILES string of the molecule is CCCCN(CCCC)CCC[Si](OCC)(OCC)O[Si](CCCN(CCCC)CCCC)(OCC)OCC. The molecule has 0 spiro atoms. The minimum atomic E-state index is -2.98. The van der Waals surface area contributed by atoms with Crippen LogP contribution >= 0.6 is 0 Å². The van der Waals surface area contributed by atoms with Gasteiger partial charge in [0.25, 0.3) is 0 Å². The molecule has 0 saturated carbocycles. The van der Waals surface area contributed by atoms with E-state index in [9.17, 15) is 0 Å². The average Bonchev–Trinajstić information content (AvgIpc) is 2.91.